The monoisotopic (exact) mass is 282 g/mol. The second-order valence-electron chi connectivity index (χ2n) is 6.90. The van der Waals surface area contributed by atoms with Crippen molar-refractivity contribution in [2.45, 2.75) is 76.3 Å². The molecule has 3 aliphatic heterocycles. The number of carbonyl (C=O) groups excluding carboxylic acids is 1. The summed E-state index contributed by atoms with van der Waals surface area (Å²) in [6.07, 6.45) is 4.28. The van der Waals surface area contributed by atoms with Gasteiger partial charge < -0.3 is 18.9 Å². The average Bonchev–Trinajstić information content (AvgIpc) is 2.75. The Bertz CT molecular complexity index is 420. The van der Waals surface area contributed by atoms with E-state index in [-0.39, 0.29) is 36.5 Å². The number of hydrogen-bond acceptors (Lipinski definition) is 5. The van der Waals surface area contributed by atoms with Crippen molar-refractivity contribution in [3.8, 4) is 0 Å². The molecule has 0 unspecified atom stereocenters. The molecule has 1 saturated carbocycles. The van der Waals surface area contributed by atoms with Gasteiger partial charge in [0.25, 0.3) is 0 Å². The summed E-state index contributed by atoms with van der Waals surface area (Å²) in [5.74, 6) is -0.0955. The van der Waals surface area contributed by atoms with Crippen LogP contribution in [0.25, 0.3) is 0 Å². The molecule has 0 radical (unpaired) electrons. The zero-order valence-corrected chi connectivity index (χ0v) is 12.0. The highest BCUT2D eigenvalue weighted by atomic mass is 16.8. The highest BCUT2D eigenvalue weighted by Gasteiger charge is 2.60. The molecule has 0 aromatic carbocycles. The molecule has 5 nitrogen and oxygen atoms in total. The van der Waals surface area contributed by atoms with Gasteiger partial charge in [0, 0.05) is 6.42 Å². The number of rotatable bonds is 0. The Morgan fingerprint density at radius 1 is 1.10 bits per heavy atom. The van der Waals surface area contributed by atoms with Crippen molar-refractivity contribution < 1.29 is 23.7 Å². The summed E-state index contributed by atoms with van der Waals surface area (Å²) in [4.78, 5) is 11.8. The lowest BCUT2D eigenvalue weighted by molar-refractivity contribution is -0.222. The fourth-order valence-corrected chi connectivity index (χ4v) is 4.32. The lowest BCUT2D eigenvalue weighted by atomic mass is 9.74. The van der Waals surface area contributed by atoms with Crippen LogP contribution in [-0.4, -0.2) is 36.4 Å². The van der Waals surface area contributed by atoms with Crippen molar-refractivity contribution in [1.29, 1.82) is 0 Å². The highest BCUT2D eigenvalue weighted by Crippen LogP contribution is 2.49. The van der Waals surface area contributed by atoms with Gasteiger partial charge in [-0.1, -0.05) is 0 Å². The first-order valence-corrected chi connectivity index (χ1v) is 7.74. The van der Waals surface area contributed by atoms with Gasteiger partial charge in [-0.2, -0.15) is 0 Å². The molecule has 4 aliphatic rings. The van der Waals surface area contributed by atoms with E-state index in [0.29, 0.717) is 12.3 Å². The van der Waals surface area contributed by atoms with Crippen molar-refractivity contribution in [2.75, 3.05) is 0 Å². The van der Waals surface area contributed by atoms with Gasteiger partial charge in [0.15, 0.2) is 12.1 Å². The van der Waals surface area contributed by atoms with Crippen LogP contribution in [0.4, 0.5) is 0 Å². The Morgan fingerprint density at radius 2 is 1.95 bits per heavy atom. The summed E-state index contributed by atoms with van der Waals surface area (Å²) in [5.41, 5.74) is 0. The molecule has 0 aromatic rings. The number of esters is 1. The molecule has 6 atom stereocenters. The Labute approximate surface area is 118 Å². The van der Waals surface area contributed by atoms with E-state index in [2.05, 4.69) is 0 Å². The molecule has 1 aliphatic carbocycles. The maximum Gasteiger partial charge on any atom is 0.306 e. The maximum absolute atomic E-state index is 11.8. The van der Waals surface area contributed by atoms with Gasteiger partial charge >= 0.3 is 5.97 Å². The van der Waals surface area contributed by atoms with Crippen molar-refractivity contribution >= 4 is 5.97 Å². The normalized spacial score (nSPS) is 49.8. The van der Waals surface area contributed by atoms with Crippen LogP contribution in [0.1, 0.15) is 46.0 Å². The van der Waals surface area contributed by atoms with E-state index in [0.717, 1.165) is 25.7 Å². The molecular weight excluding hydrogens is 260 g/mol. The predicted octanol–water partition coefficient (Wildman–Crippen LogP) is 1.98. The standard InChI is InChI=1S/C15H22O5/c1-15(2)19-13-11-9(17-14(13)20-15)7-6-8-4-3-5-10(16)18-12(8)11/h8-9,11-14H,3-7H2,1-2H3/t8-,9+,11-,12-,13+,14+/m0/s1. The van der Waals surface area contributed by atoms with E-state index in [1.54, 1.807) is 0 Å². The number of hydrogen-bond donors (Lipinski definition) is 0. The average molecular weight is 282 g/mol. The summed E-state index contributed by atoms with van der Waals surface area (Å²) < 4.78 is 23.6. The Kier molecular flexibility index (Phi) is 2.88. The van der Waals surface area contributed by atoms with Crippen molar-refractivity contribution in [3.63, 3.8) is 0 Å². The van der Waals surface area contributed by atoms with Crippen LogP contribution in [-0.2, 0) is 23.7 Å². The second kappa shape index (κ2) is 4.42. The summed E-state index contributed by atoms with van der Waals surface area (Å²) >= 11 is 0. The topological polar surface area (TPSA) is 54.0 Å². The molecule has 4 rings (SSSR count). The molecule has 0 spiro atoms. The lowest BCUT2D eigenvalue weighted by Crippen LogP contribution is -2.47. The fourth-order valence-electron chi connectivity index (χ4n) is 4.32. The molecule has 112 valence electrons. The minimum absolute atomic E-state index is 0.0590. The maximum atomic E-state index is 11.8. The number of carbonyl (C=O) groups is 1. The first kappa shape index (κ1) is 13.0. The first-order valence-electron chi connectivity index (χ1n) is 7.74. The van der Waals surface area contributed by atoms with E-state index < -0.39 is 5.79 Å². The minimum atomic E-state index is -0.609. The molecule has 0 N–H and O–H groups in total. The highest BCUT2D eigenvalue weighted by molar-refractivity contribution is 5.69. The van der Waals surface area contributed by atoms with Crippen LogP contribution in [0.2, 0.25) is 0 Å². The quantitative estimate of drug-likeness (QED) is 0.636. The molecule has 0 amide bonds. The van der Waals surface area contributed by atoms with E-state index >= 15 is 0 Å². The zero-order chi connectivity index (χ0) is 13.9. The summed E-state index contributed by atoms with van der Waals surface area (Å²) in [7, 11) is 0. The SMILES string of the molecule is CC1(C)O[C@H]2O[C@@H]3CC[C@@H]4CCCC(=O)O[C@@H]4[C@H]3[C@H]2O1. The van der Waals surface area contributed by atoms with Crippen LogP contribution < -0.4 is 0 Å². The molecule has 0 aromatic heterocycles. The van der Waals surface area contributed by atoms with Crippen LogP contribution in [0, 0.1) is 11.8 Å². The van der Waals surface area contributed by atoms with Crippen LogP contribution in [0.15, 0.2) is 0 Å². The Morgan fingerprint density at radius 3 is 2.80 bits per heavy atom. The van der Waals surface area contributed by atoms with E-state index in [4.69, 9.17) is 18.9 Å². The van der Waals surface area contributed by atoms with E-state index in [1.165, 1.54) is 0 Å². The third-order valence-electron chi connectivity index (χ3n) is 5.09. The third kappa shape index (κ3) is 1.98. The summed E-state index contributed by atoms with van der Waals surface area (Å²) in [6.45, 7) is 3.81. The number of ether oxygens (including phenoxy) is 4. The zero-order valence-electron chi connectivity index (χ0n) is 12.0. The summed E-state index contributed by atoms with van der Waals surface area (Å²) in [6, 6.07) is 0. The van der Waals surface area contributed by atoms with Crippen LogP contribution in [0.5, 0.6) is 0 Å². The van der Waals surface area contributed by atoms with Gasteiger partial charge in [0.05, 0.1) is 12.0 Å². The van der Waals surface area contributed by atoms with Crippen molar-refractivity contribution in [2.24, 2.45) is 11.8 Å². The molecule has 3 saturated heterocycles. The fraction of sp³-hybridized carbons (Fsp3) is 0.933. The van der Waals surface area contributed by atoms with Crippen molar-refractivity contribution in [1.82, 2.24) is 0 Å². The Hall–Kier alpha value is -0.650. The molecular formula is C15H22O5. The molecule has 4 fully saturated rings. The van der Waals surface area contributed by atoms with E-state index in [1.807, 2.05) is 13.8 Å². The van der Waals surface area contributed by atoms with Gasteiger partial charge in [-0.15, -0.1) is 0 Å². The second-order valence-corrected chi connectivity index (χ2v) is 6.90. The minimum Gasteiger partial charge on any atom is -0.462 e. The third-order valence-corrected chi connectivity index (χ3v) is 5.09. The molecule has 0 bridgehead atoms. The van der Waals surface area contributed by atoms with Gasteiger partial charge in [0.1, 0.15) is 12.2 Å². The smallest absolute Gasteiger partial charge is 0.306 e. The first-order chi connectivity index (χ1) is 9.53. The van der Waals surface area contributed by atoms with E-state index in [9.17, 15) is 4.79 Å². The van der Waals surface area contributed by atoms with Gasteiger partial charge in [0.2, 0.25) is 0 Å². The largest absolute Gasteiger partial charge is 0.462 e. The van der Waals surface area contributed by atoms with Gasteiger partial charge in [-0.25, -0.2) is 0 Å². The number of fused-ring (bicyclic) bond motifs is 5. The summed E-state index contributed by atoms with van der Waals surface area (Å²) in [5, 5.41) is 0. The van der Waals surface area contributed by atoms with Gasteiger partial charge in [-0.05, 0) is 45.4 Å². The van der Waals surface area contributed by atoms with Crippen LogP contribution in [0.3, 0.4) is 0 Å². The van der Waals surface area contributed by atoms with Gasteiger partial charge in [-0.3, -0.25) is 4.79 Å². The molecule has 5 heteroatoms. The van der Waals surface area contributed by atoms with Crippen LogP contribution >= 0.6 is 0 Å². The van der Waals surface area contributed by atoms with Crippen molar-refractivity contribution in [3.05, 3.63) is 0 Å². The molecule has 20 heavy (non-hydrogen) atoms. The predicted molar refractivity (Wildman–Crippen MR) is 68.6 cm³/mol. The lowest BCUT2D eigenvalue weighted by Gasteiger charge is -2.39. The molecule has 3 heterocycles. The Balaban J connectivity index is 1.61.